The monoisotopic (exact) mass is 597 g/mol. The van der Waals surface area contributed by atoms with E-state index in [1.54, 1.807) is 41.2 Å². The van der Waals surface area contributed by atoms with Crippen LogP contribution >= 0.6 is 23.1 Å². The molecule has 1 aliphatic heterocycles. The maximum atomic E-state index is 14.9. The first kappa shape index (κ1) is 28.0. The first-order valence-electron chi connectivity index (χ1n) is 13.6. The van der Waals surface area contributed by atoms with Crippen LogP contribution in [0.5, 0.6) is 0 Å². The van der Waals surface area contributed by atoms with Crippen LogP contribution in [-0.2, 0) is 5.75 Å². The third-order valence-electron chi connectivity index (χ3n) is 6.88. The van der Waals surface area contributed by atoms with Crippen molar-refractivity contribution in [3.63, 3.8) is 0 Å². The van der Waals surface area contributed by atoms with Gasteiger partial charge in [-0.25, -0.2) is 9.37 Å². The van der Waals surface area contributed by atoms with Crippen molar-refractivity contribution in [1.29, 1.82) is 0 Å². The molecule has 2 aromatic carbocycles. The SMILES string of the molecule is O=C(c1csc(CSc2nnc(-c3cccnc3)n2-c2ccccc2F)n1)N1CCN(CC=Cc2ccccc2)CC1. The molecular weight excluding hydrogens is 570 g/mol. The quantitative estimate of drug-likeness (QED) is 0.202. The molecule has 0 N–H and O–H groups in total. The number of carbonyl (C=O) groups is 1. The Morgan fingerprint density at radius 2 is 1.79 bits per heavy atom. The van der Waals surface area contributed by atoms with Gasteiger partial charge in [-0.05, 0) is 29.8 Å². The number of carbonyl (C=O) groups excluding carboxylic acids is 1. The summed E-state index contributed by atoms with van der Waals surface area (Å²) < 4.78 is 16.6. The molecule has 1 amide bonds. The molecule has 0 radical (unpaired) electrons. The van der Waals surface area contributed by atoms with Crippen molar-refractivity contribution in [2.24, 2.45) is 0 Å². The van der Waals surface area contributed by atoms with Crippen LogP contribution in [0.15, 0.2) is 95.7 Å². The van der Waals surface area contributed by atoms with Crippen LogP contribution in [0.3, 0.4) is 0 Å². The number of aromatic nitrogens is 5. The Kier molecular flexibility index (Phi) is 8.78. The number of thioether (sulfide) groups is 1. The van der Waals surface area contributed by atoms with Crippen LogP contribution in [0.25, 0.3) is 23.2 Å². The van der Waals surface area contributed by atoms with E-state index in [2.05, 4.69) is 49.4 Å². The fourth-order valence-corrected chi connectivity index (χ4v) is 6.43. The lowest BCUT2D eigenvalue weighted by molar-refractivity contribution is 0.0645. The smallest absolute Gasteiger partial charge is 0.273 e. The number of pyridine rings is 1. The van der Waals surface area contributed by atoms with Crippen LogP contribution in [0.2, 0.25) is 0 Å². The lowest BCUT2D eigenvalue weighted by atomic mass is 10.2. The van der Waals surface area contributed by atoms with Gasteiger partial charge in [-0.2, -0.15) is 0 Å². The minimum Gasteiger partial charge on any atom is -0.335 e. The minimum atomic E-state index is -0.376. The average Bonchev–Trinajstić information content (AvgIpc) is 3.69. The zero-order valence-electron chi connectivity index (χ0n) is 22.7. The zero-order valence-corrected chi connectivity index (χ0v) is 24.3. The number of benzene rings is 2. The molecule has 8 nitrogen and oxygen atoms in total. The molecule has 0 atom stereocenters. The summed E-state index contributed by atoms with van der Waals surface area (Å²) in [6.07, 6.45) is 7.65. The van der Waals surface area contributed by atoms with E-state index >= 15 is 0 Å². The van der Waals surface area contributed by atoms with Crippen molar-refractivity contribution in [2.75, 3.05) is 32.7 Å². The molecule has 1 saturated heterocycles. The molecule has 0 spiro atoms. The highest BCUT2D eigenvalue weighted by Crippen LogP contribution is 2.31. The number of thiazole rings is 1. The number of para-hydroxylation sites is 1. The van der Waals surface area contributed by atoms with Crippen molar-refractivity contribution >= 4 is 35.1 Å². The Bertz CT molecular complexity index is 1670. The van der Waals surface area contributed by atoms with Crippen molar-refractivity contribution in [1.82, 2.24) is 34.5 Å². The standard InChI is InChI=1S/C31H28FN7OS2/c32-25-12-4-5-13-27(25)39-29(24-11-6-14-33-20-24)35-36-31(39)42-22-28-34-26(21-41-28)30(40)38-18-16-37(17-19-38)15-7-10-23-8-2-1-3-9-23/h1-14,20-21H,15-19,22H2. The summed E-state index contributed by atoms with van der Waals surface area (Å²) in [7, 11) is 0. The molecule has 6 rings (SSSR count). The van der Waals surface area contributed by atoms with E-state index < -0.39 is 0 Å². The molecule has 0 unspecified atom stereocenters. The van der Waals surface area contributed by atoms with E-state index in [9.17, 15) is 9.18 Å². The van der Waals surface area contributed by atoms with Crippen molar-refractivity contribution < 1.29 is 9.18 Å². The third-order valence-corrected chi connectivity index (χ3v) is 8.85. The Morgan fingerprint density at radius 3 is 2.57 bits per heavy atom. The van der Waals surface area contributed by atoms with Gasteiger partial charge in [0.05, 0.1) is 11.4 Å². The minimum absolute atomic E-state index is 0.0460. The highest BCUT2D eigenvalue weighted by Gasteiger charge is 2.24. The zero-order chi connectivity index (χ0) is 28.7. The van der Waals surface area contributed by atoms with Gasteiger partial charge in [-0.3, -0.25) is 19.2 Å². The summed E-state index contributed by atoms with van der Waals surface area (Å²) in [5, 5.41) is 11.8. The van der Waals surface area contributed by atoms with Crippen molar-refractivity contribution in [3.8, 4) is 17.1 Å². The fourth-order valence-electron chi connectivity index (χ4n) is 4.69. The highest BCUT2D eigenvalue weighted by molar-refractivity contribution is 7.98. The van der Waals surface area contributed by atoms with Crippen LogP contribution in [0.1, 0.15) is 21.1 Å². The topological polar surface area (TPSA) is 80.0 Å². The lowest BCUT2D eigenvalue weighted by Gasteiger charge is -2.33. The van der Waals surface area contributed by atoms with E-state index in [0.29, 0.717) is 41.2 Å². The molecular formula is C31H28FN7OS2. The Balaban J connectivity index is 1.08. The molecule has 3 aromatic heterocycles. The fraction of sp³-hybridized carbons (Fsp3) is 0.194. The molecule has 212 valence electrons. The van der Waals surface area contributed by atoms with Crippen molar-refractivity contribution in [3.05, 3.63) is 113 Å². The van der Waals surface area contributed by atoms with Gasteiger partial charge in [0, 0.05) is 56.1 Å². The first-order valence-corrected chi connectivity index (χ1v) is 15.4. The molecule has 11 heteroatoms. The summed E-state index contributed by atoms with van der Waals surface area (Å²) >= 11 is 2.84. The first-order chi connectivity index (χ1) is 20.7. The van der Waals surface area contributed by atoms with E-state index in [1.807, 2.05) is 34.5 Å². The van der Waals surface area contributed by atoms with E-state index in [1.165, 1.54) is 34.7 Å². The maximum Gasteiger partial charge on any atom is 0.273 e. The van der Waals surface area contributed by atoms with Gasteiger partial charge < -0.3 is 4.90 Å². The molecule has 0 bridgehead atoms. The number of amides is 1. The van der Waals surface area contributed by atoms with E-state index in [0.717, 1.165) is 30.2 Å². The number of halogens is 1. The maximum absolute atomic E-state index is 14.9. The predicted octanol–water partition coefficient (Wildman–Crippen LogP) is 5.69. The molecule has 0 aliphatic carbocycles. The number of nitrogens with zero attached hydrogens (tertiary/aromatic N) is 7. The van der Waals surface area contributed by atoms with Gasteiger partial charge in [-0.1, -0.05) is 66.4 Å². The van der Waals surface area contributed by atoms with Gasteiger partial charge >= 0.3 is 0 Å². The van der Waals surface area contributed by atoms with Crippen LogP contribution in [0, 0.1) is 5.82 Å². The normalized spacial score (nSPS) is 14.1. The summed E-state index contributed by atoms with van der Waals surface area (Å²) in [4.78, 5) is 26.2. The molecule has 1 fully saturated rings. The van der Waals surface area contributed by atoms with E-state index in [-0.39, 0.29) is 11.7 Å². The summed E-state index contributed by atoms with van der Waals surface area (Å²) in [6.45, 7) is 3.84. The summed E-state index contributed by atoms with van der Waals surface area (Å²) in [6, 6.07) is 20.5. The average molecular weight is 598 g/mol. The van der Waals surface area contributed by atoms with Gasteiger partial charge in [0.2, 0.25) is 0 Å². The Morgan fingerprint density at radius 1 is 0.976 bits per heavy atom. The molecule has 1 aliphatic rings. The highest BCUT2D eigenvalue weighted by atomic mass is 32.2. The molecule has 42 heavy (non-hydrogen) atoms. The second kappa shape index (κ2) is 13.2. The Hall–Kier alpha value is -4.19. The van der Waals surface area contributed by atoms with Crippen LogP contribution in [0.4, 0.5) is 4.39 Å². The number of piperazine rings is 1. The van der Waals surface area contributed by atoms with Crippen LogP contribution < -0.4 is 0 Å². The second-order valence-electron chi connectivity index (χ2n) is 9.66. The second-order valence-corrected chi connectivity index (χ2v) is 11.5. The summed E-state index contributed by atoms with van der Waals surface area (Å²) in [5.41, 5.74) is 2.73. The largest absolute Gasteiger partial charge is 0.335 e. The number of hydrogen-bond donors (Lipinski definition) is 0. The van der Waals surface area contributed by atoms with Crippen molar-refractivity contribution in [2.45, 2.75) is 10.9 Å². The van der Waals surface area contributed by atoms with Gasteiger partial charge in [0.25, 0.3) is 5.91 Å². The molecule has 4 heterocycles. The number of hydrogen-bond acceptors (Lipinski definition) is 8. The molecule has 0 saturated carbocycles. The van der Waals surface area contributed by atoms with Gasteiger partial charge in [-0.15, -0.1) is 21.5 Å². The molecule has 5 aromatic rings. The summed E-state index contributed by atoms with van der Waals surface area (Å²) in [5.74, 6) is 0.550. The Labute approximate surface area is 251 Å². The predicted molar refractivity (Wildman–Crippen MR) is 164 cm³/mol. The number of rotatable bonds is 9. The van der Waals surface area contributed by atoms with Gasteiger partial charge in [0.1, 0.15) is 16.5 Å². The van der Waals surface area contributed by atoms with E-state index in [4.69, 9.17) is 0 Å². The third kappa shape index (κ3) is 6.48. The lowest BCUT2D eigenvalue weighted by Crippen LogP contribution is -2.48. The van der Waals surface area contributed by atoms with Crippen LogP contribution in [-0.4, -0.2) is 73.2 Å². The van der Waals surface area contributed by atoms with Gasteiger partial charge in [0.15, 0.2) is 11.0 Å².